The number of halogens is 7. The number of ether oxygens (including phenoxy) is 1. The van der Waals surface area contributed by atoms with E-state index in [0.29, 0.717) is 4.72 Å². The molecule has 102 valence electrons. The summed E-state index contributed by atoms with van der Waals surface area (Å²) < 4.78 is 94.5. The molecule has 0 aromatic carbocycles. The van der Waals surface area contributed by atoms with E-state index >= 15 is 0 Å². The Morgan fingerprint density at radius 2 is 1.47 bits per heavy atom. The second kappa shape index (κ2) is 4.76. The van der Waals surface area contributed by atoms with Gasteiger partial charge < -0.3 is 4.74 Å². The van der Waals surface area contributed by atoms with Gasteiger partial charge in [0.25, 0.3) is 6.10 Å². The molecule has 0 heterocycles. The minimum absolute atomic E-state index is 0.570. The van der Waals surface area contributed by atoms with Gasteiger partial charge in [0.2, 0.25) is 0 Å². The summed E-state index contributed by atoms with van der Waals surface area (Å²) in [4.78, 5) is 10.4. The highest BCUT2D eigenvalue weighted by molar-refractivity contribution is 8.12. The first kappa shape index (κ1) is 16.1. The minimum Gasteiger partial charge on any atom is -0.426 e. The first-order valence-electron chi connectivity index (χ1n) is 3.30. The van der Waals surface area contributed by atoms with E-state index < -0.39 is 33.8 Å². The lowest BCUT2D eigenvalue weighted by molar-refractivity contribution is -0.306. The molecule has 0 atom stereocenters. The number of rotatable bonds is 2. The molecule has 0 aliphatic rings. The number of hydrogen-bond donors (Lipinski definition) is 1. The van der Waals surface area contributed by atoms with Crippen LogP contribution in [0.25, 0.3) is 0 Å². The molecule has 0 spiro atoms. The number of carbonyl (C=O) groups is 1. The van der Waals surface area contributed by atoms with Crippen molar-refractivity contribution in [3.63, 3.8) is 0 Å². The summed E-state index contributed by atoms with van der Waals surface area (Å²) in [5.74, 6) is 0. The second-order valence-electron chi connectivity index (χ2n) is 2.41. The van der Waals surface area contributed by atoms with E-state index in [9.17, 15) is 39.6 Å². The Morgan fingerprint density at radius 3 is 1.71 bits per heavy atom. The molecule has 0 fully saturated rings. The van der Waals surface area contributed by atoms with Gasteiger partial charge in [0.05, 0.1) is 0 Å². The van der Waals surface area contributed by atoms with Crippen LogP contribution in [0.15, 0.2) is 0 Å². The molecule has 0 aliphatic carbocycles. The van der Waals surface area contributed by atoms with Crippen LogP contribution in [-0.2, 0) is 14.0 Å². The molecule has 1 N–H and O–H groups in total. The van der Waals surface area contributed by atoms with E-state index in [1.54, 1.807) is 0 Å². The van der Waals surface area contributed by atoms with Crippen molar-refractivity contribution in [3.8, 4) is 0 Å². The van der Waals surface area contributed by atoms with Crippen LogP contribution in [0.5, 0.6) is 0 Å². The van der Waals surface area contributed by atoms with E-state index in [1.165, 1.54) is 0 Å². The average molecular weight is 310 g/mol. The van der Waals surface area contributed by atoms with E-state index in [4.69, 9.17) is 0 Å². The maximum Gasteiger partial charge on any atom is 0.434 e. The fourth-order valence-electron chi connectivity index (χ4n) is 0.550. The maximum absolute atomic E-state index is 11.8. The molecular formula is C4H2ClF6NO4S. The third-order valence-corrected chi connectivity index (χ3v) is 1.67. The lowest BCUT2D eigenvalue weighted by Gasteiger charge is -2.22. The predicted octanol–water partition coefficient (Wildman–Crippen LogP) is 1.69. The van der Waals surface area contributed by atoms with Gasteiger partial charge in [-0.05, 0) is 0 Å². The standard InChI is InChI=1S/C4H2ClF6NO4S/c5-17(14,15)12-2(13)16-1(3(6,7)8)4(9,10)11/h1H,(H,12,13). The maximum atomic E-state index is 11.8. The Morgan fingerprint density at radius 1 is 1.12 bits per heavy atom. The van der Waals surface area contributed by atoms with Crippen LogP contribution in [0.4, 0.5) is 31.1 Å². The SMILES string of the molecule is O=C(NS(=O)(=O)Cl)OC(C(F)(F)F)C(F)(F)F. The van der Waals surface area contributed by atoms with Gasteiger partial charge in [-0.3, -0.25) is 0 Å². The van der Waals surface area contributed by atoms with Crippen LogP contribution >= 0.6 is 10.7 Å². The van der Waals surface area contributed by atoms with Crippen LogP contribution in [0.1, 0.15) is 0 Å². The monoisotopic (exact) mass is 309 g/mol. The summed E-state index contributed by atoms with van der Waals surface area (Å²) in [6.45, 7) is 0. The Balaban J connectivity index is 4.87. The lowest BCUT2D eigenvalue weighted by Crippen LogP contribution is -2.47. The van der Waals surface area contributed by atoms with Gasteiger partial charge in [-0.2, -0.15) is 34.8 Å². The molecule has 0 bridgehead atoms. The Hall–Kier alpha value is -0.910. The third-order valence-electron chi connectivity index (χ3n) is 1.02. The van der Waals surface area contributed by atoms with Gasteiger partial charge in [-0.15, -0.1) is 0 Å². The Bertz CT molecular complexity index is 374. The van der Waals surface area contributed by atoms with E-state index in [2.05, 4.69) is 15.4 Å². The van der Waals surface area contributed by atoms with Crippen LogP contribution in [-0.4, -0.2) is 33.0 Å². The topological polar surface area (TPSA) is 72.5 Å². The van der Waals surface area contributed by atoms with Crippen molar-refractivity contribution < 1.29 is 44.3 Å². The lowest BCUT2D eigenvalue weighted by atomic mass is 10.3. The zero-order chi connectivity index (χ0) is 14.1. The van der Waals surface area contributed by atoms with Crippen molar-refractivity contribution in [1.82, 2.24) is 4.72 Å². The molecule has 5 nitrogen and oxygen atoms in total. The summed E-state index contributed by atoms with van der Waals surface area (Å²) in [6.07, 6.45) is -18.8. The van der Waals surface area contributed by atoms with Crippen LogP contribution in [0.2, 0.25) is 0 Å². The Kier molecular flexibility index (Phi) is 4.50. The van der Waals surface area contributed by atoms with Gasteiger partial charge in [0.1, 0.15) is 0 Å². The molecule has 17 heavy (non-hydrogen) atoms. The first-order chi connectivity index (χ1) is 7.23. The highest BCUT2D eigenvalue weighted by Crippen LogP contribution is 2.35. The van der Waals surface area contributed by atoms with Crippen LogP contribution < -0.4 is 4.72 Å². The van der Waals surface area contributed by atoms with Crippen molar-refractivity contribution >= 4 is 26.0 Å². The molecule has 0 radical (unpaired) electrons. The number of carbonyl (C=O) groups excluding carboxylic acids is 1. The number of nitrogens with one attached hydrogen (secondary N) is 1. The third kappa shape index (κ3) is 6.41. The number of hydrogen-bond acceptors (Lipinski definition) is 4. The molecule has 13 heteroatoms. The number of alkyl halides is 6. The van der Waals surface area contributed by atoms with Crippen molar-refractivity contribution in [2.45, 2.75) is 18.5 Å². The smallest absolute Gasteiger partial charge is 0.426 e. The fraction of sp³-hybridized carbons (Fsp3) is 0.750. The van der Waals surface area contributed by atoms with E-state index in [0.717, 1.165) is 0 Å². The largest absolute Gasteiger partial charge is 0.434 e. The van der Waals surface area contributed by atoms with Gasteiger partial charge in [-0.25, -0.2) is 9.52 Å². The van der Waals surface area contributed by atoms with Crippen molar-refractivity contribution in [1.29, 1.82) is 0 Å². The summed E-state index contributed by atoms with van der Waals surface area (Å²) in [6, 6.07) is 0. The molecular weight excluding hydrogens is 308 g/mol. The van der Waals surface area contributed by atoms with Crippen molar-refractivity contribution in [3.05, 3.63) is 0 Å². The normalized spacial score (nSPS) is 13.6. The van der Waals surface area contributed by atoms with Crippen molar-refractivity contribution in [2.75, 3.05) is 0 Å². The second-order valence-corrected chi connectivity index (χ2v) is 4.71. The predicted molar refractivity (Wildman–Crippen MR) is 40.3 cm³/mol. The molecule has 0 unspecified atom stereocenters. The van der Waals surface area contributed by atoms with Crippen LogP contribution in [0, 0.1) is 0 Å². The quantitative estimate of drug-likeness (QED) is 0.622. The molecule has 0 aromatic heterocycles. The summed E-state index contributed by atoms with van der Waals surface area (Å²) >= 11 is 0. The summed E-state index contributed by atoms with van der Waals surface area (Å²) in [7, 11) is -0.509. The molecule has 0 rings (SSSR count). The zero-order valence-electron chi connectivity index (χ0n) is 7.26. The molecule has 0 aromatic rings. The van der Waals surface area contributed by atoms with Crippen LogP contribution in [0.3, 0.4) is 0 Å². The first-order valence-corrected chi connectivity index (χ1v) is 5.61. The minimum atomic E-state index is -5.94. The zero-order valence-corrected chi connectivity index (χ0v) is 8.84. The average Bonchev–Trinajstić information content (AvgIpc) is 1.91. The number of amides is 1. The van der Waals surface area contributed by atoms with Gasteiger partial charge in [0.15, 0.2) is 0 Å². The molecule has 0 saturated heterocycles. The van der Waals surface area contributed by atoms with Crippen molar-refractivity contribution in [2.24, 2.45) is 0 Å². The summed E-state index contributed by atoms with van der Waals surface area (Å²) in [5.41, 5.74) is 0. The fourth-order valence-corrected chi connectivity index (χ4v) is 0.986. The van der Waals surface area contributed by atoms with Gasteiger partial charge >= 0.3 is 27.7 Å². The van der Waals surface area contributed by atoms with Gasteiger partial charge in [0, 0.05) is 10.7 Å². The molecule has 0 saturated carbocycles. The Labute approximate surface area is 94.2 Å². The highest BCUT2D eigenvalue weighted by Gasteiger charge is 2.60. The van der Waals surface area contributed by atoms with E-state index in [-0.39, 0.29) is 0 Å². The van der Waals surface area contributed by atoms with Gasteiger partial charge in [-0.1, -0.05) is 0 Å². The highest BCUT2D eigenvalue weighted by atomic mass is 35.7. The summed E-state index contributed by atoms with van der Waals surface area (Å²) in [5, 5.41) is 0. The molecule has 1 amide bonds. The van der Waals surface area contributed by atoms with E-state index in [1.807, 2.05) is 0 Å². The molecule has 0 aliphatic heterocycles.